The van der Waals surface area contributed by atoms with Gasteiger partial charge in [0.2, 0.25) is 0 Å². The van der Waals surface area contributed by atoms with Gasteiger partial charge >= 0.3 is 0 Å². The number of aliphatic hydroxyl groups is 1. The fourth-order valence-electron chi connectivity index (χ4n) is 6.63. The Bertz CT molecular complexity index is 418. The second kappa shape index (κ2) is 4.56. The van der Waals surface area contributed by atoms with Crippen LogP contribution < -0.4 is 0 Å². The van der Waals surface area contributed by atoms with Crippen LogP contribution in [-0.2, 0) is 4.79 Å². The average Bonchev–Trinajstić information content (AvgIpc) is 2.74. The van der Waals surface area contributed by atoms with Crippen LogP contribution in [0.1, 0.15) is 64.7 Å². The number of hydrogen-bond donors (Lipinski definition) is 1. The Hall–Kier alpha value is -0.370. The van der Waals surface area contributed by atoms with Gasteiger partial charge in [-0.25, -0.2) is 0 Å². The molecule has 0 aliphatic heterocycles. The molecule has 0 aromatic heterocycles. The first-order valence-electron chi connectivity index (χ1n) is 8.79. The molecular weight excluding hydrogens is 248 g/mol. The molecule has 2 heteroatoms. The molecule has 2 nitrogen and oxygen atoms in total. The van der Waals surface area contributed by atoms with Crippen molar-refractivity contribution >= 4 is 5.78 Å². The van der Waals surface area contributed by atoms with E-state index in [0.29, 0.717) is 11.7 Å². The first-order chi connectivity index (χ1) is 9.59. The molecule has 0 heterocycles. The van der Waals surface area contributed by atoms with E-state index in [1.165, 1.54) is 32.1 Å². The van der Waals surface area contributed by atoms with Crippen molar-refractivity contribution in [1.29, 1.82) is 0 Å². The molecule has 4 saturated carbocycles. The molecule has 0 aromatic carbocycles. The van der Waals surface area contributed by atoms with E-state index in [1.54, 1.807) is 0 Å². The molecule has 112 valence electrons. The van der Waals surface area contributed by atoms with Crippen LogP contribution in [0.3, 0.4) is 0 Å². The van der Waals surface area contributed by atoms with Crippen molar-refractivity contribution in [1.82, 2.24) is 0 Å². The van der Waals surface area contributed by atoms with Crippen LogP contribution in [-0.4, -0.2) is 17.0 Å². The van der Waals surface area contributed by atoms with Crippen molar-refractivity contribution in [3.05, 3.63) is 0 Å². The highest BCUT2D eigenvalue weighted by atomic mass is 16.3. The lowest BCUT2D eigenvalue weighted by Crippen LogP contribution is -2.49. The third-order valence-corrected chi connectivity index (χ3v) is 7.72. The Labute approximate surface area is 122 Å². The van der Waals surface area contributed by atoms with E-state index in [4.69, 9.17) is 0 Å². The Morgan fingerprint density at radius 1 is 1.00 bits per heavy atom. The zero-order valence-corrected chi connectivity index (χ0v) is 12.7. The molecule has 20 heavy (non-hydrogen) atoms. The van der Waals surface area contributed by atoms with Gasteiger partial charge in [0.25, 0.3) is 0 Å². The summed E-state index contributed by atoms with van der Waals surface area (Å²) < 4.78 is 0. The Balaban J connectivity index is 1.58. The van der Waals surface area contributed by atoms with Gasteiger partial charge in [-0.1, -0.05) is 6.92 Å². The van der Waals surface area contributed by atoms with Crippen LogP contribution in [0.25, 0.3) is 0 Å². The predicted octanol–water partition coefficient (Wildman–Crippen LogP) is 3.57. The minimum atomic E-state index is -0.0564. The van der Waals surface area contributed by atoms with Gasteiger partial charge in [-0.05, 0) is 80.0 Å². The van der Waals surface area contributed by atoms with E-state index in [1.807, 2.05) is 0 Å². The normalized spacial score (nSPS) is 55.0. The molecule has 0 spiro atoms. The smallest absolute Gasteiger partial charge is 0.133 e. The highest BCUT2D eigenvalue weighted by Crippen LogP contribution is 2.62. The van der Waals surface area contributed by atoms with Gasteiger partial charge in [-0.15, -0.1) is 0 Å². The summed E-state index contributed by atoms with van der Waals surface area (Å²) in [5.41, 5.74) is 0.207. The van der Waals surface area contributed by atoms with E-state index < -0.39 is 0 Å². The minimum Gasteiger partial charge on any atom is -0.393 e. The molecule has 0 amide bonds. The second-order valence-electron chi connectivity index (χ2n) is 8.35. The quantitative estimate of drug-likeness (QED) is 0.734. The van der Waals surface area contributed by atoms with E-state index in [9.17, 15) is 9.90 Å². The topological polar surface area (TPSA) is 37.3 Å². The van der Waals surface area contributed by atoms with Gasteiger partial charge in [-0.3, -0.25) is 4.79 Å². The molecule has 0 radical (unpaired) electrons. The molecular formula is C18H28O2. The highest BCUT2D eigenvalue weighted by molar-refractivity contribution is 5.79. The molecule has 4 rings (SSSR count). The molecule has 4 fully saturated rings. The molecule has 7 atom stereocenters. The van der Waals surface area contributed by atoms with Crippen LogP contribution in [0.15, 0.2) is 0 Å². The van der Waals surface area contributed by atoms with Crippen molar-refractivity contribution in [3.63, 3.8) is 0 Å². The maximum Gasteiger partial charge on any atom is 0.133 e. The predicted molar refractivity (Wildman–Crippen MR) is 78.1 cm³/mol. The summed E-state index contributed by atoms with van der Waals surface area (Å²) in [6.45, 7) is 2.35. The van der Waals surface area contributed by atoms with Crippen LogP contribution in [0.2, 0.25) is 0 Å². The molecule has 0 unspecified atom stereocenters. The van der Waals surface area contributed by atoms with Crippen molar-refractivity contribution in [2.24, 2.45) is 35.0 Å². The van der Waals surface area contributed by atoms with Gasteiger partial charge in [0.1, 0.15) is 5.78 Å². The zero-order chi connectivity index (χ0) is 13.9. The lowest BCUT2D eigenvalue weighted by atomic mass is 9.50. The maximum atomic E-state index is 11.7. The molecule has 4 aliphatic carbocycles. The summed E-state index contributed by atoms with van der Waals surface area (Å²) in [6, 6.07) is 0. The highest BCUT2D eigenvalue weighted by Gasteiger charge is 2.56. The summed E-state index contributed by atoms with van der Waals surface area (Å²) in [4.78, 5) is 11.7. The molecule has 0 aromatic rings. The van der Waals surface area contributed by atoms with E-state index >= 15 is 0 Å². The second-order valence-corrected chi connectivity index (χ2v) is 8.35. The summed E-state index contributed by atoms with van der Waals surface area (Å²) >= 11 is 0. The standard InChI is InChI=1S/C18H28O2/c1-18-9-8-14-13-5-3-12(19)10-11(13)2-4-15(14)16(18)6-7-17(18)20/h11,13-17,20H,2-10H2,1H3/t11-,13+,14+,15-,16+,17-,18-/m0/s1. The fourth-order valence-corrected chi connectivity index (χ4v) is 6.63. The number of ketones is 1. The minimum absolute atomic E-state index is 0.0564. The molecule has 1 N–H and O–H groups in total. The lowest BCUT2D eigenvalue weighted by molar-refractivity contribution is -0.128. The first-order valence-corrected chi connectivity index (χ1v) is 8.79. The third-order valence-electron chi connectivity index (χ3n) is 7.72. The first kappa shape index (κ1) is 13.3. The number of Topliss-reactive ketones (excluding diaryl/α,β-unsaturated/α-hetero) is 1. The van der Waals surface area contributed by atoms with Crippen LogP contribution >= 0.6 is 0 Å². The molecule has 4 aliphatic rings. The van der Waals surface area contributed by atoms with E-state index in [2.05, 4.69) is 6.92 Å². The van der Waals surface area contributed by atoms with Crippen LogP contribution in [0.4, 0.5) is 0 Å². The number of fused-ring (bicyclic) bond motifs is 5. The summed E-state index contributed by atoms with van der Waals surface area (Å²) in [5, 5.41) is 10.4. The molecule has 0 saturated heterocycles. The largest absolute Gasteiger partial charge is 0.393 e. The van der Waals surface area contributed by atoms with Crippen molar-refractivity contribution in [2.75, 3.05) is 0 Å². The maximum absolute atomic E-state index is 11.7. The van der Waals surface area contributed by atoms with Crippen molar-refractivity contribution in [3.8, 4) is 0 Å². The zero-order valence-electron chi connectivity index (χ0n) is 12.7. The number of carbonyl (C=O) groups excluding carboxylic acids is 1. The van der Waals surface area contributed by atoms with E-state index in [0.717, 1.165) is 49.4 Å². The monoisotopic (exact) mass is 276 g/mol. The van der Waals surface area contributed by atoms with Gasteiger partial charge in [0, 0.05) is 12.8 Å². The lowest BCUT2D eigenvalue weighted by Gasteiger charge is -2.55. The number of aliphatic hydroxyl groups excluding tert-OH is 1. The SMILES string of the molecule is C[C@]12CC[C@@H]3[C@@H]4CCC(=O)C[C@@H]4CC[C@@H]3[C@H]1CC[C@@H]2O. The van der Waals surface area contributed by atoms with E-state index in [-0.39, 0.29) is 11.5 Å². The van der Waals surface area contributed by atoms with Crippen molar-refractivity contribution < 1.29 is 9.90 Å². The fraction of sp³-hybridized carbons (Fsp3) is 0.944. The van der Waals surface area contributed by atoms with Gasteiger partial charge in [-0.2, -0.15) is 0 Å². The van der Waals surface area contributed by atoms with Crippen LogP contribution in [0.5, 0.6) is 0 Å². The Kier molecular flexibility index (Phi) is 3.03. The van der Waals surface area contributed by atoms with Gasteiger partial charge in [0.15, 0.2) is 0 Å². The summed E-state index contributed by atoms with van der Waals surface area (Å²) in [7, 11) is 0. The number of hydrogen-bond acceptors (Lipinski definition) is 2. The van der Waals surface area contributed by atoms with Gasteiger partial charge in [0.05, 0.1) is 6.10 Å². The Morgan fingerprint density at radius 2 is 1.85 bits per heavy atom. The Morgan fingerprint density at radius 3 is 2.70 bits per heavy atom. The number of rotatable bonds is 0. The summed E-state index contributed by atoms with van der Waals surface area (Å²) in [6.07, 6.45) is 10.2. The average molecular weight is 276 g/mol. The number of carbonyl (C=O) groups is 1. The third kappa shape index (κ3) is 1.76. The van der Waals surface area contributed by atoms with Crippen molar-refractivity contribution in [2.45, 2.75) is 70.8 Å². The van der Waals surface area contributed by atoms with Crippen LogP contribution in [0, 0.1) is 35.0 Å². The summed E-state index contributed by atoms with van der Waals surface area (Å²) in [5.74, 6) is 4.52. The van der Waals surface area contributed by atoms with Gasteiger partial charge < -0.3 is 5.11 Å². The molecule has 0 bridgehead atoms.